The minimum atomic E-state index is -1.25. The van der Waals surface area contributed by atoms with Gasteiger partial charge in [-0.05, 0) is 49.5 Å². The van der Waals surface area contributed by atoms with Crippen LogP contribution in [0.15, 0.2) is 11.1 Å². The Morgan fingerprint density at radius 3 is 2.83 bits per heavy atom. The van der Waals surface area contributed by atoms with Crippen molar-refractivity contribution in [2.45, 2.75) is 76.3 Å². The highest BCUT2D eigenvalue weighted by Crippen LogP contribution is 2.73. The fraction of sp³-hybridized carbons (Fsp3) is 0.818. The summed E-state index contributed by atoms with van der Waals surface area (Å²) in [5.74, 6) is -0.273. The standard InChI is InChI=1S/C22H31NO6/c1-11(2)13-8-16-22(29-16)20(3)6-4-12-14(10-27-19(12)25)15(20)5-7-21(22,26)18(13)28-17(24)9-23/h11,13,15-16,18,26H,4-10,23H2,1-3H3/t13?,15?,16-,18+,20-,21+,22+/m0/s1. The van der Waals surface area contributed by atoms with Gasteiger partial charge in [0.25, 0.3) is 0 Å². The van der Waals surface area contributed by atoms with Crippen molar-refractivity contribution in [3.05, 3.63) is 11.1 Å². The number of rotatable bonds is 3. The summed E-state index contributed by atoms with van der Waals surface area (Å²) in [5, 5.41) is 12.2. The second-order valence-electron chi connectivity index (χ2n) is 10.1. The molecule has 0 aromatic rings. The fourth-order valence-corrected chi connectivity index (χ4v) is 7.31. The Morgan fingerprint density at radius 1 is 1.38 bits per heavy atom. The van der Waals surface area contributed by atoms with Gasteiger partial charge in [0.15, 0.2) is 0 Å². The van der Waals surface area contributed by atoms with E-state index >= 15 is 0 Å². The SMILES string of the molecule is CC(C)C1C[C@@H]2O[C@@]23[C@@]2(C)CCC4=C(COC4=O)C2CC[C@@]3(O)[C@@H]1OC(=O)CN. The minimum Gasteiger partial charge on any atom is -0.458 e. The molecular weight excluding hydrogens is 374 g/mol. The number of epoxide rings is 1. The zero-order chi connectivity index (χ0) is 20.8. The first kappa shape index (κ1) is 19.5. The number of carbonyl (C=O) groups excluding carboxylic acids is 2. The lowest BCUT2D eigenvalue weighted by molar-refractivity contribution is -0.231. The quantitative estimate of drug-likeness (QED) is 0.540. The predicted molar refractivity (Wildman–Crippen MR) is 102 cm³/mol. The Bertz CT molecular complexity index is 807. The van der Waals surface area contributed by atoms with Crippen molar-refractivity contribution in [2.24, 2.45) is 28.9 Å². The molecule has 0 bridgehead atoms. The van der Waals surface area contributed by atoms with Gasteiger partial charge in [-0.3, -0.25) is 4.79 Å². The zero-order valence-electron chi connectivity index (χ0n) is 17.4. The maximum absolute atomic E-state index is 12.2. The number of hydrogen-bond donors (Lipinski definition) is 2. The van der Waals surface area contributed by atoms with E-state index in [1.165, 1.54) is 0 Å². The second-order valence-corrected chi connectivity index (χ2v) is 10.1. The Kier molecular flexibility index (Phi) is 4.07. The maximum Gasteiger partial charge on any atom is 0.334 e. The van der Waals surface area contributed by atoms with Gasteiger partial charge in [-0.25, -0.2) is 4.79 Å². The summed E-state index contributed by atoms with van der Waals surface area (Å²) >= 11 is 0. The molecule has 0 amide bonds. The molecule has 160 valence electrons. The first-order chi connectivity index (χ1) is 13.7. The molecule has 7 heteroatoms. The van der Waals surface area contributed by atoms with E-state index in [0.29, 0.717) is 19.4 Å². The van der Waals surface area contributed by atoms with Gasteiger partial charge < -0.3 is 25.1 Å². The van der Waals surface area contributed by atoms with Gasteiger partial charge >= 0.3 is 11.9 Å². The van der Waals surface area contributed by atoms with Crippen molar-refractivity contribution in [2.75, 3.05) is 13.2 Å². The van der Waals surface area contributed by atoms with E-state index in [0.717, 1.165) is 30.4 Å². The van der Waals surface area contributed by atoms with Crippen LogP contribution in [0.3, 0.4) is 0 Å². The molecule has 2 unspecified atom stereocenters. The number of nitrogens with two attached hydrogens (primary N) is 1. The van der Waals surface area contributed by atoms with Crippen LogP contribution in [-0.2, 0) is 23.8 Å². The van der Waals surface area contributed by atoms with Crippen LogP contribution in [0.25, 0.3) is 0 Å². The topological polar surface area (TPSA) is 111 Å². The van der Waals surface area contributed by atoms with Gasteiger partial charge in [0.1, 0.15) is 23.9 Å². The minimum absolute atomic E-state index is 0.0195. The molecular formula is C22H31NO6. The molecule has 1 spiro atoms. The van der Waals surface area contributed by atoms with E-state index in [9.17, 15) is 14.7 Å². The molecule has 0 aromatic heterocycles. The van der Waals surface area contributed by atoms with Crippen LogP contribution < -0.4 is 5.73 Å². The third kappa shape index (κ3) is 2.24. The van der Waals surface area contributed by atoms with Gasteiger partial charge in [0.2, 0.25) is 0 Å². The van der Waals surface area contributed by atoms with Gasteiger partial charge in [0, 0.05) is 16.9 Å². The van der Waals surface area contributed by atoms with Crippen molar-refractivity contribution < 1.29 is 28.9 Å². The lowest BCUT2D eigenvalue weighted by Gasteiger charge is -2.60. The predicted octanol–water partition coefficient (Wildman–Crippen LogP) is 1.46. The van der Waals surface area contributed by atoms with Crippen LogP contribution in [0.4, 0.5) is 0 Å². The van der Waals surface area contributed by atoms with Crippen molar-refractivity contribution in [3.8, 4) is 0 Å². The molecule has 7 nitrogen and oxygen atoms in total. The maximum atomic E-state index is 12.2. The highest BCUT2D eigenvalue weighted by atomic mass is 16.6. The molecule has 0 aromatic carbocycles. The Labute approximate surface area is 170 Å². The van der Waals surface area contributed by atoms with E-state index in [4.69, 9.17) is 19.9 Å². The third-order valence-electron chi connectivity index (χ3n) is 8.73. The average molecular weight is 405 g/mol. The Morgan fingerprint density at radius 2 is 2.14 bits per heavy atom. The van der Waals surface area contributed by atoms with Gasteiger partial charge in [-0.1, -0.05) is 20.8 Å². The zero-order valence-corrected chi connectivity index (χ0v) is 17.4. The number of cyclic esters (lactones) is 1. The highest BCUT2D eigenvalue weighted by Gasteiger charge is 2.84. The molecule has 3 aliphatic carbocycles. The fourth-order valence-electron chi connectivity index (χ4n) is 7.31. The normalized spacial score (nSPS) is 47.7. The Balaban J connectivity index is 1.57. The first-order valence-electron chi connectivity index (χ1n) is 10.9. The molecule has 5 rings (SSSR count). The van der Waals surface area contributed by atoms with Crippen molar-refractivity contribution >= 4 is 11.9 Å². The number of hydrogen-bond acceptors (Lipinski definition) is 7. The van der Waals surface area contributed by atoms with E-state index in [2.05, 4.69) is 20.8 Å². The third-order valence-corrected chi connectivity index (χ3v) is 8.73. The lowest BCUT2D eigenvalue weighted by atomic mass is 9.45. The smallest absolute Gasteiger partial charge is 0.334 e. The highest BCUT2D eigenvalue weighted by molar-refractivity contribution is 5.92. The van der Waals surface area contributed by atoms with Crippen LogP contribution in [0, 0.1) is 23.2 Å². The number of ether oxygens (including phenoxy) is 3. The summed E-state index contributed by atoms with van der Waals surface area (Å²) in [6.45, 7) is 6.53. The van der Waals surface area contributed by atoms with E-state index in [1.807, 2.05) is 0 Å². The Hall–Kier alpha value is -1.44. The van der Waals surface area contributed by atoms with Crippen molar-refractivity contribution in [3.63, 3.8) is 0 Å². The summed E-state index contributed by atoms with van der Waals surface area (Å²) in [4.78, 5) is 24.3. The second kappa shape index (κ2) is 6.05. The molecule has 2 heterocycles. The van der Waals surface area contributed by atoms with Crippen LogP contribution >= 0.6 is 0 Å². The largest absolute Gasteiger partial charge is 0.458 e. The van der Waals surface area contributed by atoms with Crippen molar-refractivity contribution in [1.29, 1.82) is 0 Å². The first-order valence-corrected chi connectivity index (χ1v) is 10.9. The number of carbonyl (C=O) groups is 2. The summed E-state index contributed by atoms with van der Waals surface area (Å²) in [7, 11) is 0. The molecule has 0 radical (unpaired) electrons. The van der Waals surface area contributed by atoms with E-state index < -0.39 is 23.3 Å². The number of fused-ring (bicyclic) bond motifs is 2. The van der Waals surface area contributed by atoms with Gasteiger partial charge in [-0.2, -0.15) is 0 Å². The molecule has 29 heavy (non-hydrogen) atoms. The average Bonchev–Trinajstić information content (AvgIpc) is 3.33. The monoisotopic (exact) mass is 405 g/mol. The van der Waals surface area contributed by atoms with E-state index in [1.54, 1.807) is 0 Å². The van der Waals surface area contributed by atoms with Gasteiger partial charge in [0.05, 0.1) is 12.6 Å². The molecule has 2 aliphatic heterocycles. The molecule has 5 aliphatic rings. The molecule has 1 saturated heterocycles. The summed E-state index contributed by atoms with van der Waals surface area (Å²) in [6.07, 6.45) is 2.67. The van der Waals surface area contributed by atoms with Crippen LogP contribution in [0.1, 0.15) is 52.9 Å². The molecule has 2 saturated carbocycles. The van der Waals surface area contributed by atoms with Crippen LogP contribution in [0.5, 0.6) is 0 Å². The summed E-state index contributed by atoms with van der Waals surface area (Å²) in [6, 6.07) is 0. The van der Waals surface area contributed by atoms with Crippen LogP contribution in [-0.4, -0.2) is 53.6 Å². The molecule has 3 fully saturated rings. The lowest BCUT2D eigenvalue weighted by Crippen LogP contribution is -2.72. The number of aliphatic hydroxyl groups is 1. The summed E-state index contributed by atoms with van der Waals surface area (Å²) < 4.78 is 17.6. The van der Waals surface area contributed by atoms with E-state index in [-0.39, 0.29) is 41.8 Å². The van der Waals surface area contributed by atoms with Gasteiger partial charge in [-0.15, -0.1) is 0 Å². The molecule has 7 atom stereocenters. The molecule has 3 N–H and O–H groups in total. The van der Waals surface area contributed by atoms with Crippen molar-refractivity contribution in [1.82, 2.24) is 0 Å². The summed E-state index contributed by atoms with van der Waals surface area (Å²) in [5.41, 5.74) is 5.12. The van der Waals surface area contributed by atoms with Crippen LogP contribution in [0.2, 0.25) is 0 Å². The number of esters is 2.